The summed E-state index contributed by atoms with van der Waals surface area (Å²) in [6, 6.07) is 7.71. The van der Waals surface area contributed by atoms with Crippen LogP contribution in [-0.2, 0) is 9.53 Å². The van der Waals surface area contributed by atoms with Crippen molar-refractivity contribution in [3.05, 3.63) is 63.4 Å². The topological polar surface area (TPSA) is 101 Å². The molecule has 0 atom stereocenters. The molecule has 0 saturated carbocycles. The van der Waals surface area contributed by atoms with Gasteiger partial charge in [-0.1, -0.05) is 0 Å². The van der Waals surface area contributed by atoms with E-state index in [9.17, 15) is 14.9 Å². The third-order valence-electron chi connectivity index (χ3n) is 3.48. The molecule has 8 heteroatoms. The fourth-order valence-electron chi connectivity index (χ4n) is 2.29. The lowest BCUT2D eigenvalue weighted by Crippen LogP contribution is -1.97. The molecule has 128 valence electrons. The second-order valence-corrected chi connectivity index (χ2v) is 5.00. The van der Waals surface area contributed by atoms with E-state index in [4.69, 9.17) is 18.6 Å². The SMILES string of the molecule is COc1ccc(C2=C/C(=C\c3ccc([N+](=O)[O-])o3)C(=O)O2)cc1OC. The van der Waals surface area contributed by atoms with Crippen molar-refractivity contribution < 1.29 is 28.3 Å². The summed E-state index contributed by atoms with van der Waals surface area (Å²) in [4.78, 5) is 22.0. The van der Waals surface area contributed by atoms with Gasteiger partial charge in [-0.05, 0) is 36.4 Å². The Morgan fingerprint density at radius 1 is 1.12 bits per heavy atom. The minimum atomic E-state index is -0.653. The predicted molar refractivity (Wildman–Crippen MR) is 87.0 cm³/mol. The first kappa shape index (κ1) is 16.3. The fraction of sp³-hybridized carbons (Fsp3) is 0.118. The minimum absolute atomic E-state index is 0.184. The molecule has 3 rings (SSSR count). The molecule has 0 radical (unpaired) electrons. The number of nitro groups is 1. The summed E-state index contributed by atoms with van der Waals surface area (Å²) in [5.74, 6) is 0.582. The normalized spacial score (nSPS) is 15.0. The number of rotatable bonds is 5. The molecule has 8 nitrogen and oxygen atoms in total. The van der Waals surface area contributed by atoms with Gasteiger partial charge in [0.2, 0.25) is 0 Å². The standard InChI is InChI=1S/C17H13NO7/c1-22-13-5-3-10(8-15(13)23-2)14-9-11(17(19)25-14)7-12-4-6-16(24-12)18(20)21/h3-9H,1-2H3/b11-7+. The highest BCUT2D eigenvalue weighted by Gasteiger charge is 2.24. The quantitative estimate of drug-likeness (QED) is 0.355. The molecule has 0 aliphatic carbocycles. The highest BCUT2D eigenvalue weighted by Crippen LogP contribution is 2.34. The van der Waals surface area contributed by atoms with Crippen molar-refractivity contribution in [3.8, 4) is 11.5 Å². The maximum Gasteiger partial charge on any atom is 0.433 e. The van der Waals surface area contributed by atoms with Crippen LogP contribution in [-0.4, -0.2) is 25.1 Å². The van der Waals surface area contributed by atoms with Crippen molar-refractivity contribution in [1.82, 2.24) is 0 Å². The maximum atomic E-state index is 12.0. The molecule has 0 unspecified atom stereocenters. The zero-order chi connectivity index (χ0) is 18.0. The Morgan fingerprint density at radius 2 is 1.88 bits per heavy atom. The van der Waals surface area contributed by atoms with Crippen molar-refractivity contribution in [1.29, 1.82) is 0 Å². The Balaban J connectivity index is 1.91. The highest BCUT2D eigenvalue weighted by atomic mass is 16.6. The summed E-state index contributed by atoms with van der Waals surface area (Å²) in [7, 11) is 3.03. The Bertz CT molecular complexity index is 907. The summed E-state index contributed by atoms with van der Waals surface area (Å²) in [6.07, 6.45) is 2.90. The smallest absolute Gasteiger partial charge is 0.433 e. The molecule has 0 spiro atoms. The van der Waals surface area contributed by atoms with Crippen LogP contribution in [0, 0.1) is 10.1 Å². The van der Waals surface area contributed by atoms with Gasteiger partial charge in [-0.15, -0.1) is 0 Å². The first-order chi connectivity index (χ1) is 12.0. The number of furan rings is 1. The molecular formula is C17H13NO7. The average molecular weight is 343 g/mol. The lowest BCUT2D eigenvalue weighted by Gasteiger charge is -2.09. The van der Waals surface area contributed by atoms with Gasteiger partial charge in [0.25, 0.3) is 0 Å². The molecule has 1 aliphatic rings. The van der Waals surface area contributed by atoms with Gasteiger partial charge >= 0.3 is 11.9 Å². The summed E-state index contributed by atoms with van der Waals surface area (Å²) in [6.45, 7) is 0. The Kier molecular flexibility index (Phi) is 4.25. The number of hydrogen-bond donors (Lipinski definition) is 0. The third kappa shape index (κ3) is 3.23. The van der Waals surface area contributed by atoms with Gasteiger partial charge in [-0.3, -0.25) is 10.1 Å². The largest absolute Gasteiger partial charge is 0.493 e. The second-order valence-electron chi connectivity index (χ2n) is 5.00. The number of nitrogens with zero attached hydrogens (tertiary/aromatic N) is 1. The number of ether oxygens (including phenoxy) is 3. The summed E-state index contributed by atoms with van der Waals surface area (Å²) >= 11 is 0. The predicted octanol–water partition coefficient (Wildman–Crippen LogP) is 3.19. The van der Waals surface area contributed by atoms with Crippen molar-refractivity contribution in [2.24, 2.45) is 0 Å². The van der Waals surface area contributed by atoms with Gasteiger partial charge in [-0.2, -0.15) is 0 Å². The third-order valence-corrected chi connectivity index (χ3v) is 3.48. The molecule has 2 aromatic rings. The van der Waals surface area contributed by atoms with E-state index in [2.05, 4.69) is 0 Å². The van der Waals surface area contributed by atoms with Gasteiger partial charge in [0.1, 0.15) is 16.4 Å². The first-order valence-corrected chi connectivity index (χ1v) is 7.14. The van der Waals surface area contributed by atoms with Crippen LogP contribution in [0.5, 0.6) is 11.5 Å². The average Bonchev–Trinajstić information content (AvgIpc) is 3.22. The number of hydrogen-bond acceptors (Lipinski definition) is 7. The molecule has 0 saturated heterocycles. The molecule has 1 aromatic carbocycles. The second kappa shape index (κ2) is 6.52. The van der Waals surface area contributed by atoms with E-state index >= 15 is 0 Å². The molecule has 2 heterocycles. The van der Waals surface area contributed by atoms with Crippen molar-refractivity contribution >= 4 is 23.7 Å². The van der Waals surface area contributed by atoms with Gasteiger partial charge in [0.05, 0.1) is 25.9 Å². The van der Waals surface area contributed by atoms with Gasteiger partial charge in [0, 0.05) is 5.56 Å². The molecule has 0 fully saturated rings. The Labute approximate surface area is 142 Å². The van der Waals surface area contributed by atoms with E-state index in [1.165, 1.54) is 38.5 Å². The zero-order valence-corrected chi connectivity index (χ0v) is 13.3. The lowest BCUT2D eigenvalue weighted by molar-refractivity contribution is -0.402. The summed E-state index contributed by atoms with van der Waals surface area (Å²) in [5.41, 5.74) is 0.842. The van der Waals surface area contributed by atoms with Crippen molar-refractivity contribution in [3.63, 3.8) is 0 Å². The van der Waals surface area contributed by atoms with E-state index in [1.807, 2.05) is 0 Å². The Hall–Kier alpha value is -3.55. The number of benzene rings is 1. The van der Waals surface area contributed by atoms with E-state index < -0.39 is 16.8 Å². The van der Waals surface area contributed by atoms with Crippen LogP contribution in [0.4, 0.5) is 5.88 Å². The maximum absolute atomic E-state index is 12.0. The van der Waals surface area contributed by atoms with Crippen LogP contribution < -0.4 is 9.47 Å². The monoisotopic (exact) mass is 343 g/mol. The molecule has 25 heavy (non-hydrogen) atoms. The van der Waals surface area contributed by atoms with E-state index in [0.717, 1.165) is 0 Å². The molecule has 0 bridgehead atoms. The van der Waals surface area contributed by atoms with E-state index in [-0.39, 0.29) is 11.3 Å². The van der Waals surface area contributed by atoms with Crippen LogP contribution >= 0.6 is 0 Å². The number of carbonyl (C=O) groups excluding carboxylic acids is 1. The van der Waals surface area contributed by atoms with E-state index in [0.29, 0.717) is 22.8 Å². The minimum Gasteiger partial charge on any atom is -0.493 e. The van der Waals surface area contributed by atoms with Crippen LogP contribution in [0.1, 0.15) is 11.3 Å². The fourth-order valence-corrected chi connectivity index (χ4v) is 2.29. The summed E-state index contributed by atoms with van der Waals surface area (Å²) in [5, 5.41) is 10.6. The van der Waals surface area contributed by atoms with Crippen LogP contribution in [0.3, 0.4) is 0 Å². The van der Waals surface area contributed by atoms with Gasteiger partial charge < -0.3 is 18.6 Å². The number of cyclic esters (lactones) is 1. The molecule has 1 aliphatic heterocycles. The van der Waals surface area contributed by atoms with Crippen molar-refractivity contribution in [2.75, 3.05) is 14.2 Å². The summed E-state index contributed by atoms with van der Waals surface area (Å²) < 4.78 is 20.6. The molecule has 0 N–H and O–H groups in total. The Morgan fingerprint density at radius 3 is 2.52 bits per heavy atom. The lowest BCUT2D eigenvalue weighted by atomic mass is 10.1. The van der Waals surface area contributed by atoms with Crippen LogP contribution in [0.25, 0.3) is 11.8 Å². The zero-order valence-electron chi connectivity index (χ0n) is 13.3. The van der Waals surface area contributed by atoms with Gasteiger partial charge in [-0.25, -0.2) is 4.79 Å². The molecule has 1 aromatic heterocycles. The van der Waals surface area contributed by atoms with Crippen LogP contribution in [0.2, 0.25) is 0 Å². The number of carbonyl (C=O) groups is 1. The van der Waals surface area contributed by atoms with E-state index in [1.54, 1.807) is 18.2 Å². The number of methoxy groups -OCH3 is 2. The first-order valence-electron chi connectivity index (χ1n) is 7.14. The molecular weight excluding hydrogens is 330 g/mol. The van der Waals surface area contributed by atoms with Crippen LogP contribution in [0.15, 0.2) is 46.4 Å². The van der Waals surface area contributed by atoms with Crippen molar-refractivity contribution in [2.45, 2.75) is 0 Å². The molecule has 0 amide bonds. The highest BCUT2D eigenvalue weighted by molar-refractivity contribution is 6.04. The van der Waals surface area contributed by atoms with Gasteiger partial charge in [0.15, 0.2) is 11.5 Å². The number of esters is 1.